The molecular weight excluding hydrogens is 339 g/mol. The molecule has 0 saturated carbocycles. The third-order valence-electron chi connectivity index (χ3n) is 4.49. The average molecular weight is 362 g/mol. The summed E-state index contributed by atoms with van der Waals surface area (Å²) in [6.07, 6.45) is 0. The van der Waals surface area contributed by atoms with Crippen molar-refractivity contribution in [2.75, 3.05) is 5.32 Å². The molecule has 3 aromatic rings. The molecule has 3 nitrogen and oxygen atoms in total. The smallest absolute Gasteiger partial charge is 0.241 e. The van der Waals surface area contributed by atoms with Crippen molar-refractivity contribution in [3.05, 3.63) is 101 Å². The minimum atomic E-state index is -0.517. The Hall–Kier alpha value is -2.98. The van der Waals surface area contributed by atoms with Crippen LogP contribution in [0.15, 0.2) is 78.9 Å². The number of para-hydroxylation sites is 1. The second-order valence-electron chi connectivity index (χ2n) is 6.61. The molecule has 2 N–H and O–H groups in total. The molecule has 3 aromatic carbocycles. The number of rotatable bonds is 6. The third kappa shape index (κ3) is 4.80. The third-order valence-corrected chi connectivity index (χ3v) is 4.49. The predicted molar refractivity (Wildman–Crippen MR) is 107 cm³/mol. The van der Waals surface area contributed by atoms with Crippen LogP contribution in [0.5, 0.6) is 0 Å². The van der Waals surface area contributed by atoms with E-state index < -0.39 is 11.9 Å². The fourth-order valence-electron chi connectivity index (χ4n) is 2.92. The van der Waals surface area contributed by atoms with Crippen LogP contribution in [-0.2, 0) is 4.79 Å². The SMILES string of the molecule is Cc1ccc([C@H](N[C@@H](C)C(=O)Nc2ccccc2F)c2ccccc2)cc1. The summed E-state index contributed by atoms with van der Waals surface area (Å²) >= 11 is 0. The van der Waals surface area contributed by atoms with Crippen LogP contribution in [-0.4, -0.2) is 11.9 Å². The first-order valence-corrected chi connectivity index (χ1v) is 8.97. The van der Waals surface area contributed by atoms with E-state index in [0.717, 1.165) is 11.1 Å². The molecule has 0 fully saturated rings. The molecule has 27 heavy (non-hydrogen) atoms. The highest BCUT2D eigenvalue weighted by atomic mass is 19.1. The fourth-order valence-corrected chi connectivity index (χ4v) is 2.92. The monoisotopic (exact) mass is 362 g/mol. The zero-order chi connectivity index (χ0) is 19.2. The van der Waals surface area contributed by atoms with Crippen molar-refractivity contribution < 1.29 is 9.18 Å². The van der Waals surface area contributed by atoms with Crippen molar-refractivity contribution in [2.45, 2.75) is 25.9 Å². The minimum Gasteiger partial charge on any atom is -0.322 e. The standard InChI is InChI=1S/C23H23FN2O/c1-16-12-14-19(15-13-16)22(18-8-4-3-5-9-18)25-17(2)23(27)26-21-11-7-6-10-20(21)24/h3-15,17,22,25H,1-2H3,(H,26,27)/t17-,22+/m0/s1. The van der Waals surface area contributed by atoms with Gasteiger partial charge in [-0.15, -0.1) is 0 Å². The van der Waals surface area contributed by atoms with E-state index in [2.05, 4.69) is 34.9 Å². The number of nitrogens with one attached hydrogen (secondary N) is 2. The van der Waals surface area contributed by atoms with E-state index in [1.165, 1.54) is 11.6 Å². The lowest BCUT2D eigenvalue weighted by Crippen LogP contribution is -2.40. The molecule has 138 valence electrons. The van der Waals surface area contributed by atoms with Gasteiger partial charge in [-0.2, -0.15) is 0 Å². The van der Waals surface area contributed by atoms with E-state index in [-0.39, 0.29) is 17.6 Å². The first-order chi connectivity index (χ1) is 13.0. The Labute approximate surface area is 159 Å². The van der Waals surface area contributed by atoms with Crippen LogP contribution in [0.3, 0.4) is 0 Å². The van der Waals surface area contributed by atoms with Gasteiger partial charge in [0.05, 0.1) is 17.8 Å². The summed E-state index contributed by atoms with van der Waals surface area (Å²) < 4.78 is 13.8. The van der Waals surface area contributed by atoms with Gasteiger partial charge in [-0.25, -0.2) is 4.39 Å². The average Bonchev–Trinajstić information content (AvgIpc) is 2.69. The zero-order valence-corrected chi connectivity index (χ0v) is 15.4. The molecule has 0 aliphatic carbocycles. The van der Waals surface area contributed by atoms with Crippen molar-refractivity contribution in [3.63, 3.8) is 0 Å². The van der Waals surface area contributed by atoms with Crippen LogP contribution >= 0.6 is 0 Å². The number of hydrogen-bond donors (Lipinski definition) is 2. The number of halogens is 1. The Bertz CT molecular complexity index is 894. The van der Waals surface area contributed by atoms with E-state index in [9.17, 15) is 9.18 Å². The Balaban J connectivity index is 1.80. The van der Waals surface area contributed by atoms with Gasteiger partial charge in [0.2, 0.25) is 5.91 Å². The number of hydrogen-bond acceptors (Lipinski definition) is 2. The van der Waals surface area contributed by atoms with Gasteiger partial charge in [-0.05, 0) is 37.1 Å². The number of benzene rings is 3. The van der Waals surface area contributed by atoms with Crippen LogP contribution in [0, 0.1) is 12.7 Å². The van der Waals surface area contributed by atoms with Crippen LogP contribution in [0.2, 0.25) is 0 Å². The molecule has 0 aliphatic rings. The highest BCUT2D eigenvalue weighted by molar-refractivity contribution is 5.94. The van der Waals surface area contributed by atoms with Gasteiger partial charge < -0.3 is 5.32 Å². The molecule has 0 spiro atoms. The Kier molecular flexibility index (Phi) is 5.99. The topological polar surface area (TPSA) is 41.1 Å². The molecule has 4 heteroatoms. The Morgan fingerprint density at radius 3 is 2.11 bits per heavy atom. The van der Waals surface area contributed by atoms with E-state index in [1.807, 2.05) is 37.3 Å². The van der Waals surface area contributed by atoms with E-state index in [0.29, 0.717) is 0 Å². The molecule has 0 bridgehead atoms. The van der Waals surface area contributed by atoms with Gasteiger partial charge >= 0.3 is 0 Å². The molecule has 0 aromatic heterocycles. The molecule has 0 heterocycles. The van der Waals surface area contributed by atoms with Crippen LogP contribution in [0.25, 0.3) is 0 Å². The quantitative estimate of drug-likeness (QED) is 0.659. The van der Waals surface area contributed by atoms with Crippen molar-refractivity contribution >= 4 is 11.6 Å². The molecule has 0 saturated heterocycles. The van der Waals surface area contributed by atoms with Crippen LogP contribution in [0.4, 0.5) is 10.1 Å². The molecular formula is C23H23FN2O. The van der Waals surface area contributed by atoms with E-state index in [4.69, 9.17) is 0 Å². The largest absolute Gasteiger partial charge is 0.322 e. The summed E-state index contributed by atoms with van der Waals surface area (Å²) in [5.74, 6) is -0.732. The second kappa shape index (κ2) is 8.60. The summed E-state index contributed by atoms with van der Waals surface area (Å²) in [5, 5.41) is 6.02. The van der Waals surface area contributed by atoms with Crippen molar-refractivity contribution in [3.8, 4) is 0 Å². The van der Waals surface area contributed by atoms with Crippen molar-refractivity contribution in [2.24, 2.45) is 0 Å². The first kappa shape index (κ1) is 18.8. The lowest BCUT2D eigenvalue weighted by molar-refractivity contribution is -0.117. The van der Waals surface area contributed by atoms with Gasteiger partial charge in [0.1, 0.15) is 5.82 Å². The normalized spacial score (nSPS) is 13.0. The number of carbonyl (C=O) groups excluding carboxylic acids is 1. The molecule has 0 radical (unpaired) electrons. The van der Waals surface area contributed by atoms with Gasteiger partial charge in [-0.1, -0.05) is 72.3 Å². The number of amides is 1. The van der Waals surface area contributed by atoms with Crippen molar-refractivity contribution in [1.82, 2.24) is 5.32 Å². The number of aryl methyl sites for hydroxylation is 1. The van der Waals surface area contributed by atoms with Crippen molar-refractivity contribution in [1.29, 1.82) is 0 Å². The molecule has 2 atom stereocenters. The van der Waals surface area contributed by atoms with Crippen LogP contribution in [0.1, 0.15) is 29.7 Å². The highest BCUT2D eigenvalue weighted by Gasteiger charge is 2.21. The lowest BCUT2D eigenvalue weighted by atomic mass is 9.97. The molecule has 0 aliphatic heterocycles. The maximum atomic E-state index is 13.8. The zero-order valence-electron chi connectivity index (χ0n) is 15.4. The minimum absolute atomic E-state index is 0.145. The summed E-state index contributed by atoms with van der Waals surface area (Å²) in [7, 11) is 0. The maximum Gasteiger partial charge on any atom is 0.241 e. The van der Waals surface area contributed by atoms with E-state index >= 15 is 0 Å². The molecule has 3 rings (SSSR count). The summed E-state index contributed by atoms with van der Waals surface area (Å²) in [6, 6.07) is 23.7. The molecule has 1 amide bonds. The number of carbonyl (C=O) groups is 1. The predicted octanol–water partition coefficient (Wildman–Crippen LogP) is 4.84. The summed E-state index contributed by atoms with van der Waals surface area (Å²) in [4.78, 5) is 12.6. The second-order valence-corrected chi connectivity index (χ2v) is 6.61. The Morgan fingerprint density at radius 2 is 1.44 bits per heavy atom. The van der Waals surface area contributed by atoms with Gasteiger partial charge in [0, 0.05) is 0 Å². The first-order valence-electron chi connectivity index (χ1n) is 8.97. The number of anilines is 1. The van der Waals surface area contributed by atoms with Crippen LogP contribution < -0.4 is 10.6 Å². The summed E-state index contributed by atoms with van der Waals surface area (Å²) in [6.45, 7) is 3.82. The lowest BCUT2D eigenvalue weighted by Gasteiger charge is -2.24. The fraction of sp³-hybridized carbons (Fsp3) is 0.174. The van der Waals surface area contributed by atoms with Gasteiger partial charge in [0.25, 0.3) is 0 Å². The summed E-state index contributed by atoms with van der Waals surface area (Å²) in [5.41, 5.74) is 3.49. The maximum absolute atomic E-state index is 13.8. The van der Waals surface area contributed by atoms with Gasteiger partial charge in [0.15, 0.2) is 0 Å². The van der Waals surface area contributed by atoms with Gasteiger partial charge in [-0.3, -0.25) is 10.1 Å². The highest BCUT2D eigenvalue weighted by Crippen LogP contribution is 2.23. The molecule has 0 unspecified atom stereocenters. The van der Waals surface area contributed by atoms with E-state index in [1.54, 1.807) is 25.1 Å². The Morgan fingerprint density at radius 1 is 0.852 bits per heavy atom.